The van der Waals surface area contributed by atoms with Crippen molar-refractivity contribution in [1.82, 2.24) is 4.90 Å². The van der Waals surface area contributed by atoms with E-state index in [0.29, 0.717) is 5.56 Å². The minimum atomic E-state index is -0.988. The van der Waals surface area contributed by atoms with Crippen LogP contribution < -0.4 is 0 Å². The Hall–Kier alpha value is -1.84. The highest BCUT2D eigenvalue weighted by atomic mass is 16.4. The number of hydrogen-bond acceptors (Lipinski definition) is 2. The lowest BCUT2D eigenvalue weighted by molar-refractivity contribution is -0.150. The minimum Gasteiger partial charge on any atom is -0.479 e. The molecule has 1 aliphatic heterocycles. The van der Waals surface area contributed by atoms with E-state index >= 15 is 0 Å². The molecular formula is C11H11NO3. The van der Waals surface area contributed by atoms with Gasteiger partial charge in [-0.15, -0.1) is 0 Å². The summed E-state index contributed by atoms with van der Waals surface area (Å²) in [6.07, 6.45) is 0.288. The Morgan fingerprint density at radius 3 is 2.80 bits per heavy atom. The number of carbonyl (C=O) groups excluding carboxylic acids is 1. The molecule has 0 bridgehead atoms. The predicted molar refractivity (Wildman–Crippen MR) is 53.3 cm³/mol. The Morgan fingerprint density at radius 2 is 2.13 bits per heavy atom. The largest absolute Gasteiger partial charge is 0.479 e. The first kappa shape index (κ1) is 9.71. The Balaban J connectivity index is 2.54. The molecule has 1 aliphatic rings. The molecule has 0 saturated heterocycles. The number of fused-ring (bicyclic) bond motifs is 1. The maximum Gasteiger partial charge on any atom is 0.331 e. The van der Waals surface area contributed by atoms with Crippen LogP contribution in [0.25, 0.3) is 0 Å². The van der Waals surface area contributed by atoms with Crippen molar-refractivity contribution in [3.05, 3.63) is 35.4 Å². The van der Waals surface area contributed by atoms with Crippen LogP contribution in [0.15, 0.2) is 24.3 Å². The predicted octanol–water partition coefficient (Wildman–Crippen LogP) is 0.827. The van der Waals surface area contributed by atoms with Gasteiger partial charge in [0.05, 0.1) is 6.42 Å². The van der Waals surface area contributed by atoms with Gasteiger partial charge in [0.25, 0.3) is 0 Å². The molecule has 0 aliphatic carbocycles. The quantitative estimate of drug-likeness (QED) is 0.738. The Kier molecular flexibility index (Phi) is 2.19. The van der Waals surface area contributed by atoms with Gasteiger partial charge in [-0.3, -0.25) is 4.79 Å². The molecule has 0 radical (unpaired) electrons. The molecule has 1 aromatic carbocycles. The molecule has 0 spiro atoms. The third kappa shape index (κ3) is 1.48. The molecule has 0 aromatic heterocycles. The highest BCUT2D eigenvalue weighted by Crippen LogP contribution is 2.28. The first-order valence-electron chi connectivity index (χ1n) is 4.67. The zero-order valence-corrected chi connectivity index (χ0v) is 8.30. The average molecular weight is 205 g/mol. The van der Waals surface area contributed by atoms with Crippen molar-refractivity contribution in [2.45, 2.75) is 12.5 Å². The van der Waals surface area contributed by atoms with Crippen molar-refractivity contribution in [2.75, 3.05) is 7.05 Å². The summed E-state index contributed by atoms with van der Waals surface area (Å²) >= 11 is 0. The Labute approximate surface area is 87.1 Å². The second kappa shape index (κ2) is 3.38. The van der Waals surface area contributed by atoms with Gasteiger partial charge in [-0.1, -0.05) is 24.3 Å². The second-order valence-electron chi connectivity index (χ2n) is 3.62. The molecule has 4 heteroatoms. The number of amides is 1. The van der Waals surface area contributed by atoms with Crippen molar-refractivity contribution in [1.29, 1.82) is 0 Å². The van der Waals surface area contributed by atoms with Crippen LogP contribution in [-0.4, -0.2) is 28.9 Å². The van der Waals surface area contributed by atoms with E-state index in [1.165, 1.54) is 11.9 Å². The van der Waals surface area contributed by atoms with E-state index in [2.05, 4.69) is 0 Å². The number of aliphatic carboxylic acids is 1. The van der Waals surface area contributed by atoms with Crippen molar-refractivity contribution < 1.29 is 14.7 Å². The minimum absolute atomic E-state index is 0.152. The molecule has 0 fully saturated rings. The lowest BCUT2D eigenvalue weighted by Gasteiger charge is -2.31. The number of rotatable bonds is 1. The Bertz CT molecular complexity index is 428. The van der Waals surface area contributed by atoms with Crippen LogP contribution in [0.2, 0.25) is 0 Å². The molecule has 1 aromatic rings. The zero-order chi connectivity index (χ0) is 11.0. The zero-order valence-electron chi connectivity index (χ0n) is 8.30. The fourth-order valence-electron chi connectivity index (χ4n) is 1.90. The summed E-state index contributed by atoms with van der Waals surface area (Å²) in [4.78, 5) is 23.9. The van der Waals surface area contributed by atoms with Gasteiger partial charge >= 0.3 is 5.97 Å². The van der Waals surface area contributed by atoms with E-state index in [-0.39, 0.29) is 12.3 Å². The number of carboxylic acid groups (broad SMARTS) is 1. The smallest absolute Gasteiger partial charge is 0.331 e. The molecule has 15 heavy (non-hydrogen) atoms. The number of carbonyl (C=O) groups is 2. The van der Waals surface area contributed by atoms with E-state index in [0.717, 1.165) is 5.56 Å². The van der Waals surface area contributed by atoms with Gasteiger partial charge in [-0.2, -0.15) is 0 Å². The maximum atomic E-state index is 11.5. The molecule has 1 N–H and O–H groups in total. The molecule has 0 saturated carbocycles. The van der Waals surface area contributed by atoms with Crippen LogP contribution in [0.1, 0.15) is 17.2 Å². The number of nitrogens with zero attached hydrogens (tertiary/aromatic N) is 1. The van der Waals surface area contributed by atoms with Gasteiger partial charge in [-0.05, 0) is 11.1 Å². The van der Waals surface area contributed by atoms with E-state index < -0.39 is 12.0 Å². The van der Waals surface area contributed by atoms with Gasteiger partial charge in [0.1, 0.15) is 0 Å². The molecule has 1 amide bonds. The summed E-state index contributed by atoms with van der Waals surface area (Å²) in [5.41, 5.74) is 1.53. The Morgan fingerprint density at radius 1 is 1.47 bits per heavy atom. The lowest BCUT2D eigenvalue weighted by atomic mass is 9.93. The van der Waals surface area contributed by atoms with Crippen LogP contribution in [0.4, 0.5) is 0 Å². The number of likely N-dealkylation sites (N-methyl/N-ethyl adjacent to an activating group) is 1. The number of carboxylic acids is 1. The summed E-state index contributed by atoms with van der Waals surface area (Å²) in [6.45, 7) is 0. The SMILES string of the molecule is CN1C(=O)Cc2ccccc2[C@H]1C(=O)O. The summed E-state index contributed by atoms with van der Waals surface area (Å²) < 4.78 is 0. The highest BCUT2D eigenvalue weighted by Gasteiger charge is 2.34. The van der Waals surface area contributed by atoms with Gasteiger partial charge in [-0.25, -0.2) is 4.79 Å². The van der Waals surface area contributed by atoms with Crippen molar-refractivity contribution >= 4 is 11.9 Å². The fraction of sp³-hybridized carbons (Fsp3) is 0.273. The summed E-state index contributed by atoms with van der Waals surface area (Å²) in [6, 6.07) is 6.32. The molecule has 1 heterocycles. The lowest BCUT2D eigenvalue weighted by Crippen LogP contribution is -2.40. The van der Waals surface area contributed by atoms with E-state index in [1.807, 2.05) is 6.07 Å². The van der Waals surface area contributed by atoms with Crippen molar-refractivity contribution in [3.8, 4) is 0 Å². The van der Waals surface area contributed by atoms with Crippen LogP contribution in [-0.2, 0) is 16.0 Å². The van der Waals surface area contributed by atoms with Gasteiger partial charge in [0.15, 0.2) is 6.04 Å². The standard InChI is InChI=1S/C11H11NO3/c1-12-9(13)6-7-4-2-3-5-8(7)10(12)11(14)15/h2-5,10H,6H2,1H3,(H,14,15)/t10-/m0/s1. The third-order valence-corrected chi connectivity index (χ3v) is 2.71. The van der Waals surface area contributed by atoms with E-state index in [9.17, 15) is 9.59 Å². The normalized spacial score (nSPS) is 19.9. The summed E-state index contributed by atoms with van der Waals surface area (Å²) in [5, 5.41) is 9.08. The first-order valence-corrected chi connectivity index (χ1v) is 4.67. The topological polar surface area (TPSA) is 57.6 Å². The molecule has 4 nitrogen and oxygen atoms in total. The number of benzene rings is 1. The van der Waals surface area contributed by atoms with Crippen LogP contribution in [0, 0.1) is 0 Å². The third-order valence-electron chi connectivity index (χ3n) is 2.71. The van der Waals surface area contributed by atoms with Gasteiger partial charge in [0, 0.05) is 7.05 Å². The maximum absolute atomic E-state index is 11.5. The average Bonchev–Trinajstić information content (AvgIpc) is 2.19. The van der Waals surface area contributed by atoms with Crippen molar-refractivity contribution in [2.24, 2.45) is 0 Å². The molecule has 1 atom stereocenters. The van der Waals surface area contributed by atoms with E-state index in [1.54, 1.807) is 18.2 Å². The van der Waals surface area contributed by atoms with Crippen molar-refractivity contribution in [3.63, 3.8) is 0 Å². The fourth-order valence-corrected chi connectivity index (χ4v) is 1.90. The summed E-state index contributed by atoms with van der Waals surface area (Å²) in [5.74, 6) is -1.14. The first-order chi connectivity index (χ1) is 7.11. The number of hydrogen-bond donors (Lipinski definition) is 1. The van der Waals surface area contributed by atoms with Crippen LogP contribution in [0.3, 0.4) is 0 Å². The van der Waals surface area contributed by atoms with Gasteiger partial charge in [0.2, 0.25) is 5.91 Å². The summed E-state index contributed by atoms with van der Waals surface area (Å²) in [7, 11) is 1.52. The molecule has 2 rings (SSSR count). The molecule has 0 unspecified atom stereocenters. The van der Waals surface area contributed by atoms with E-state index in [4.69, 9.17) is 5.11 Å². The monoisotopic (exact) mass is 205 g/mol. The van der Waals surface area contributed by atoms with Crippen LogP contribution >= 0.6 is 0 Å². The van der Waals surface area contributed by atoms with Gasteiger partial charge < -0.3 is 10.0 Å². The molecular weight excluding hydrogens is 194 g/mol. The second-order valence-corrected chi connectivity index (χ2v) is 3.62. The highest BCUT2D eigenvalue weighted by molar-refractivity contribution is 5.89. The molecule has 78 valence electrons. The van der Waals surface area contributed by atoms with Crippen LogP contribution in [0.5, 0.6) is 0 Å².